The molecule has 10 nitrogen and oxygen atoms in total. The Morgan fingerprint density at radius 1 is 0.964 bits per heavy atom. The number of carbonyl (C=O) groups is 3. The summed E-state index contributed by atoms with van der Waals surface area (Å²) in [5.74, 6) is -2.84. The lowest BCUT2D eigenvalue weighted by molar-refractivity contribution is -0.159. The van der Waals surface area contributed by atoms with Crippen molar-refractivity contribution in [1.29, 1.82) is 0 Å². The summed E-state index contributed by atoms with van der Waals surface area (Å²) in [6, 6.07) is 7.33. The maximum atomic E-state index is 12.0. The van der Waals surface area contributed by atoms with Gasteiger partial charge in [0.15, 0.2) is 0 Å². The van der Waals surface area contributed by atoms with Crippen LogP contribution in [-0.4, -0.2) is 96.0 Å². The van der Waals surface area contributed by atoms with Gasteiger partial charge in [0.2, 0.25) is 5.91 Å². The second-order valence-electron chi connectivity index (χ2n) is 6.04. The summed E-state index contributed by atoms with van der Waals surface area (Å²) in [6.07, 6.45) is 0.492. The zero-order valence-corrected chi connectivity index (χ0v) is 15.8. The molecule has 0 spiro atoms. The predicted octanol–water partition coefficient (Wildman–Crippen LogP) is -0.211. The van der Waals surface area contributed by atoms with Gasteiger partial charge in [-0.1, -0.05) is 0 Å². The molecule has 0 saturated carbocycles. The number of methoxy groups -OCH3 is 1. The first-order chi connectivity index (χ1) is 13.3. The first kappa shape index (κ1) is 23.3. The SMILES string of the molecule is COc1ccc(NC(=O)CCN2CCN(CCO)CC2)cc1.O=C(O)C(=O)O. The predicted molar refractivity (Wildman–Crippen MR) is 101 cm³/mol. The average Bonchev–Trinajstić information content (AvgIpc) is 2.69. The van der Waals surface area contributed by atoms with Crippen molar-refractivity contribution >= 4 is 23.5 Å². The van der Waals surface area contributed by atoms with E-state index in [-0.39, 0.29) is 12.5 Å². The minimum Gasteiger partial charge on any atom is -0.497 e. The number of anilines is 1. The van der Waals surface area contributed by atoms with Gasteiger partial charge >= 0.3 is 11.9 Å². The normalized spacial score (nSPS) is 14.5. The molecule has 0 bridgehead atoms. The van der Waals surface area contributed by atoms with Gasteiger partial charge in [-0.2, -0.15) is 0 Å². The van der Waals surface area contributed by atoms with Crippen molar-refractivity contribution in [3.8, 4) is 5.75 Å². The summed E-state index contributed by atoms with van der Waals surface area (Å²) >= 11 is 0. The molecule has 1 aromatic carbocycles. The quantitative estimate of drug-likeness (QED) is 0.460. The zero-order chi connectivity index (χ0) is 20.9. The Kier molecular flexibility index (Phi) is 10.6. The molecule has 1 aliphatic heterocycles. The van der Waals surface area contributed by atoms with E-state index < -0.39 is 11.9 Å². The fraction of sp³-hybridized carbons (Fsp3) is 0.500. The van der Waals surface area contributed by atoms with Crippen LogP contribution in [0.25, 0.3) is 0 Å². The Balaban J connectivity index is 0.000000568. The largest absolute Gasteiger partial charge is 0.497 e. The number of carboxylic acids is 2. The second-order valence-corrected chi connectivity index (χ2v) is 6.04. The molecule has 0 aliphatic carbocycles. The fourth-order valence-corrected chi connectivity index (χ4v) is 2.54. The number of nitrogens with zero attached hydrogens (tertiary/aromatic N) is 2. The summed E-state index contributed by atoms with van der Waals surface area (Å²) in [5.41, 5.74) is 0.790. The van der Waals surface area contributed by atoms with Crippen LogP contribution in [-0.2, 0) is 14.4 Å². The van der Waals surface area contributed by atoms with E-state index in [0.29, 0.717) is 6.42 Å². The van der Waals surface area contributed by atoms with Crippen molar-refractivity contribution < 1.29 is 34.4 Å². The average molecular weight is 397 g/mol. The van der Waals surface area contributed by atoms with Crippen molar-refractivity contribution in [1.82, 2.24) is 9.80 Å². The molecule has 0 atom stereocenters. The van der Waals surface area contributed by atoms with Crippen LogP contribution in [0.2, 0.25) is 0 Å². The number of ether oxygens (including phenoxy) is 1. The number of hydrogen-bond acceptors (Lipinski definition) is 7. The van der Waals surface area contributed by atoms with Crippen LogP contribution < -0.4 is 10.1 Å². The summed E-state index contributed by atoms with van der Waals surface area (Å²) in [4.78, 5) is 34.7. The number of benzene rings is 1. The van der Waals surface area contributed by atoms with Crippen LogP contribution in [0, 0.1) is 0 Å². The van der Waals surface area contributed by atoms with Crippen molar-refractivity contribution in [2.45, 2.75) is 6.42 Å². The lowest BCUT2D eigenvalue weighted by atomic mass is 10.2. The van der Waals surface area contributed by atoms with Crippen molar-refractivity contribution in [3.05, 3.63) is 24.3 Å². The van der Waals surface area contributed by atoms with Crippen LogP contribution >= 0.6 is 0 Å². The van der Waals surface area contributed by atoms with E-state index in [9.17, 15) is 4.79 Å². The summed E-state index contributed by atoms with van der Waals surface area (Å²) < 4.78 is 5.09. The summed E-state index contributed by atoms with van der Waals surface area (Å²) in [5, 5.41) is 26.6. The van der Waals surface area contributed by atoms with Gasteiger partial charge in [0, 0.05) is 51.4 Å². The highest BCUT2D eigenvalue weighted by Gasteiger charge is 2.16. The molecule has 0 unspecified atom stereocenters. The van der Waals surface area contributed by atoms with E-state index in [1.54, 1.807) is 7.11 Å². The number of piperazine rings is 1. The zero-order valence-electron chi connectivity index (χ0n) is 15.8. The number of rotatable bonds is 7. The Labute approximate surface area is 163 Å². The highest BCUT2D eigenvalue weighted by molar-refractivity contribution is 6.27. The molecule has 2 rings (SSSR count). The van der Waals surface area contributed by atoms with Crippen LogP contribution in [0.15, 0.2) is 24.3 Å². The lowest BCUT2D eigenvalue weighted by Gasteiger charge is -2.34. The number of aliphatic hydroxyl groups excluding tert-OH is 1. The summed E-state index contributed by atoms with van der Waals surface area (Å²) in [7, 11) is 1.62. The summed E-state index contributed by atoms with van der Waals surface area (Å²) in [6.45, 7) is 5.55. The number of hydrogen-bond donors (Lipinski definition) is 4. The van der Waals surface area contributed by atoms with E-state index in [1.165, 1.54) is 0 Å². The molecule has 1 saturated heterocycles. The third-order valence-corrected chi connectivity index (χ3v) is 4.09. The third kappa shape index (κ3) is 9.31. The minimum absolute atomic E-state index is 0.0305. The van der Waals surface area contributed by atoms with Gasteiger partial charge in [0.1, 0.15) is 5.75 Å². The topological polar surface area (TPSA) is 140 Å². The number of carbonyl (C=O) groups excluding carboxylic acids is 1. The third-order valence-electron chi connectivity index (χ3n) is 4.09. The Hall–Kier alpha value is -2.69. The maximum absolute atomic E-state index is 12.0. The highest BCUT2D eigenvalue weighted by atomic mass is 16.5. The van der Waals surface area contributed by atoms with Gasteiger partial charge < -0.3 is 30.3 Å². The highest BCUT2D eigenvalue weighted by Crippen LogP contribution is 2.15. The number of nitrogens with one attached hydrogen (secondary N) is 1. The smallest absolute Gasteiger partial charge is 0.414 e. The second kappa shape index (κ2) is 12.7. The van der Waals surface area contributed by atoms with E-state index >= 15 is 0 Å². The number of amides is 1. The lowest BCUT2D eigenvalue weighted by Crippen LogP contribution is -2.47. The molecule has 0 radical (unpaired) electrons. The maximum Gasteiger partial charge on any atom is 0.414 e. The van der Waals surface area contributed by atoms with E-state index in [1.807, 2.05) is 24.3 Å². The molecular weight excluding hydrogens is 370 g/mol. The molecule has 1 aromatic rings. The van der Waals surface area contributed by atoms with E-state index in [4.69, 9.17) is 29.6 Å². The number of carboxylic acid groups (broad SMARTS) is 2. The van der Waals surface area contributed by atoms with Gasteiger partial charge in [-0.15, -0.1) is 0 Å². The first-order valence-electron chi connectivity index (χ1n) is 8.81. The molecule has 4 N–H and O–H groups in total. The van der Waals surface area contributed by atoms with Crippen molar-refractivity contribution in [2.75, 3.05) is 58.3 Å². The van der Waals surface area contributed by atoms with Crippen LogP contribution in [0.4, 0.5) is 5.69 Å². The van der Waals surface area contributed by atoms with Crippen LogP contribution in [0.3, 0.4) is 0 Å². The molecule has 156 valence electrons. The van der Waals surface area contributed by atoms with E-state index in [2.05, 4.69) is 15.1 Å². The molecule has 0 aromatic heterocycles. The Morgan fingerprint density at radius 2 is 1.46 bits per heavy atom. The van der Waals surface area contributed by atoms with Gasteiger partial charge in [-0.3, -0.25) is 9.69 Å². The van der Waals surface area contributed by atoms with Gasteiger partial charge in [-0.25, -0.2) is 9.59 Å². The van der Waals surface area contributed by atoms with Crippen LogP contribution in [0.1, 0.15) is 6.42 Å². The molecule has 1 heterocycles. The van der Waals surface area contributed by atoms with Crippen molar-refractivity contribution in [3.63, 3.8) is 0 Å². The molecule has 1 fully saturated rings. The standard InChI is InChI=1S/C16H25N3O3.C2H2O4/c1-22-15-4-2-14(3-5-15)17-16(21)6-7-18-8-10-19(11-9-18)12-13-20;3-1(4)2(5)6/h2-5,20H,6-13H2,1H3,(H,17,21);(H,3,4)(H,5,6). The Morgan fingerprint density at radius 3 is 1.89 bits per heavy atom. The monoisotopic (exact) mass is 397 g/mol. The van der Waals surface area contributed by atoms with Gasteiger partial charge in [0.05, 0.1) is 13.7 Å². The first-order valence-corrected chi connectivity index (χ1v) is 8.81. The number of aliphatic carboxylic acids is 2. The fourth-order valence-electron chi connectivity index (χ4n) is 2.54. The minimum atomic E-state index is -1.82. The molecule has 10 heteroatoms. The van der Waals surface area contributed by atoms with Crippen LogP contribution in [0.5, 0.6) is 5.75 Å². The molecule has 1 aliphatic rings. The van der Waals surface area contributed by atoms with Gasteiger partial charge in [0.25, 0.3) is 0 Å². The van der Waals surface area contributed by atoms with Gasteiger partial charge in [-0.05, 0) is 24.3 Å². The Bertz CT molecular complexity index is 617. The molecular formula is C18H27N3O7. The van der Waals surface area contributed by atoms with E-state index in [0.717, 1.165) is 50.7 Å². The molecule has 1 amide bonds. The van der Waals surface area contributed by atoms with Crippen molar-refractivity contribution in [2.24, 2.45) is 0 Å². The number of β-amino-alcohol motifs (C(OH)–C–C–N with tert-alkyl or cyclic N) is 1. The number of aliphatic hydroxyl groups is 1. The molecule has 28 heavy (non-hydrogen) atoms.